The number of carbonyl (C=O) groups is 1. The van der Waals surface area contributed by atoms with Gasteiger partial charge in [0.15, 0.2) is 0 Å². The van der Waals surface area contributed by atoms with Crippen molar-refractivity contribution in [2.45, 2.75) is 57.3 Å². The van der Waals surface area contributed by atoms with Crippen molar-refractivity contribution in [2.24, 2.45) is 5.92 Å². The molecule has 0 N–H and O–H groups in total. The SMILES string of the molecule is O=C(C[C@@H]1CCc2cc(-c3noc(C(F)F)n3)ccc21)C1CCCC1. The third-order valence-corrected chi connectivity index (χ3v) is 5.49. The van der Waals surface area contributed by atoms with Crippen LogP contribution in [0, 0.1) is 5.92 Å². The summed E-state index contributed by atoms with van der Waals surface area (Å²) in [7, 11) is 0. The second-order valence-corrected chi connectivity index (χ2v) is 7.06. The monoisotopic (exact) mass is 346 g/mol. The Balaban J connectivity index is 1.50. The van der Waals surface area contributed by atoms with Gasteiger partial charge in [0.1, 0.15) is 5.78 Å². The molecule has 2 aliphatic carbocycles. The zero-order valence-corrected chi connectivity index (χ0v) is 13.9. The maximum atomic E-state index is 12.6. The molecule has 25 heavy (non-hydrogen) atoms. The van der Waals surface area contributed by atoms with Gasteiger partial charge < -0.3 is 4.52 Å². The minimum absolute atomic E-state index is 0.184. The van der Waals surface area contributed by atoms with E-state index in [1.54, 1.807) is 0 Å². The molecule has 1 fully saturated rings. The fraction of sp³-hybridized carbons (Fsp3) is 0.526. The van der Waals surface area contributed by atoms with Gasteiger partial charge in [-0.3, -0.25) is 4.79 Å². The molecule has 1 heterocycles. The summed E-state index contributed by atoms with van der Waals surface area (Å²) in [4.78, 5) is 16.2. The van der Waals surface area contributed by atoms with E-state index in [9.17, 15) is 13.6 Å². The van der Waals surface area contributed by atoms with Crippen LogP contribution in [0.25, 0.3) is 11.4 Å². The fourth-order valence-electron chi connectivity index (χ4n) is 4.16. The number of nitrogens with zero attached hydrogens (tertiary/aromatic N) is 2. The van der Waals surface area contributed by atoms with Crippen LogP contribution in [0.4, 0.5) is 8.78 Å². The fourth-order valence-corrected chi connectivity index (χ4v) is 4.16. The molecule has 1 aromatic heterocycles. The lowest BCUT2D eigenvalue weighted by Crippen LogP contribution is -2.13. The van der Waals surface area contributed by atoms with Gasteiger partial charge in [-0.15, -0.1) is 0 Å². The highest BCUT2D eigenvalue weighted by Gasteiger charge is 2.29. The molecule has 2 aliphatic rings. The summed E-state index contributed by atoms with van der Waals surface area (Å²) >= 11 is 0. The van der Waals surface area contributed by atoms with Crippen LogP contribution in [0.1, 0.15) is 67.9 Å². The Kier molecular flexibility index (Phi) is 4.36. The molecule has 0 spiro atoms. The van der Waals surface area contributed by atoms with Crippen LogP contribution in [-0.4, -0.2) is 15.9 Å². The zero-order chi connectivity index (χ0) is 17.4. The number of Topliss-reactive ketones (excluding diaryl/α,β-unsaturated/α-hetero) is 1. The van der Waals surface area contributed by atoms with Gasteiger partial charge in [0.2, 0.25) is 5.82 Å². The van der Waals surface area contributed by atoms with Gasteiger partial charge in [-0.05, 0) is 48.8 Å². The molecule has 0 radical (unpaired) electrons. The van der Waals surface area contributed by atoms with Crippen molar-refractivity contribution < 1.29 is 18.1 Å². The molecule has 0 saturated heterocycles. The van der Waals surface area contributed by atoms with Crippen molar-refractivity contribution in [1.29, 1.82) is 0 Å². The van der Waals surface area contributed by atoms with Crippen molar-refractivity contribution in [3.05, 3.63) is 35.2 Å². The number of fused-ring (bicyclic) bond motifs is 1. The highest BCUT2D eigenvalue weighted by Crippen LogP contribution is 2.39. The van der Waals surface area contributed by atoms with E-state index in [0.29, 0.717) is 17.8 Å². The Morgan fingerprint density at radius 2 is 2.04 bits per heavy atom. The summed E-state index contributed by atoms with van der Waals surface area (Å²) in [6.07, 6.45) is 4.15. The van der Waals surface area contributed by atoms with E-state index >= 15 is 0 Å². The molecule has 0 bridgehead atoms. The molecule has 0 amide bonds. The van der Waals surface area contributed by atoms with Crippen molar-refractivity contribution in [3.63, 3.8) is 0 Å². The molecule has 132 valence electrons. The predicted octanol–water partition coefficient (Wildman–Crippen LogP) is 4.85. The first-order valence-electron chi connectivity index (χ1n) is 8.89. The number of benzene rings is 1. The van der Waals surface area contributed by atoms with Crippen LogP contribution in [0.15, 0.2) is 22.7 Å². The summed E-state index contributed by atoms with van der Waals surface area (Å²) in [6.45, 7) is 0. The highest BCUT2D eigenvalue weighted by atomic mass is 19.3. The van der Waals surface area contributed by atoms with Gasteiger partial charge in [0, 0.05) is 17.9 Å². The highest BCUT2D eigenvalue weighted by molar-refractivity contribution is 5.82. The maximum absolute atomic E-state index is 12.6. The summed E-state index contributed by atoms with van der Waals surface area (Å²) in [5.74, 6) is 0.466. The molecule has 6 heteroatoms. The lowest BCUT2D eigenvalue weighted by atomic mass is 9.89. The van der Waals surface area contributed by atoms with Crippen molar-refractivity contribution >= 4 is 5.78 Å². The number of aryl methyl sites for hydroxylation is 1. The minimum Gasteiger partial charge on any atom is -0.333 e. The van der Waals surface area contributed by atoms with Crippen LogP contribution < -0.4 is 0 Å². The van der Waals surface area contributed by atoms with Gasteiger partial charge >= 0.3 is 6.43 Å². The average molecular weight is 346 g/mol. The summed E-state index contributed by atoms with van der Waals surface area (Å²) in [6, 6.07) is 5.76. The number of ketones is 1. The van der Waals surface area contributed by atoms with Crippen LogP contribution in [0.5, 0.6) is 0 Å². The Labute approximate surface area is 144 Å². The van der Waals surface area contributed by atoms with Gasteiger partial charge in [-0.1, -0.05) is 30.1 Å². The molecule has 0 unspecified atom stereocenters. The summed E-state index contributed by atoms with van der Waals surface area (Å²) < 4.78 is 29.8. The molecule has 1 aromatic carbocycles. The lowest BCUT2D eigenvalue weighted by Gasteiger charge is -2.14. The summed E-state index contributed by atoms with van der Waals surface area (Å²) in [5.41, 5.74) is 3.04. The molecule has 4 nitrogen and oxygen atoms in total. The molecular formula is C19H20F2N2O2. The van der Waals surface area contributed by atoms with E-state index in [4.69, 9.17) is 0 Å². The number of rotatable bonds is 5. The topological polar surface area (TPSA) is 56.0 Å². The van der Waals surface area contributed by atoms with Gasteiger partial charge in [-0.25, -0.2) is 0 Å². The largest absolute Gasteiger partial charge is 0.333 e. The normalized spacial score (nSPS) is 20.4. The first-order chi connectivity index (χ1) is 12.1. The average Bonchev–Trinajstić information content (AvgIpc) is 3.35. The number of aromatic nitrogens is 2. The number of alkyl halides is 2. The van der Waals surface area contributed by atoms with Crippen LogP contribution in [0.3, 0.4) is 0 Å². The molecular weight excluding hydrogens is 326 g/mol. The van der Waals surface area contributed by atoms with Crippen molar-refractivity contribution in [1.82, 2.24) is 10.1 Å². The Hall–Kier alpha value is -2.11. The molecule has 1 saturated carbocycles. The number of hydrogen-bond donors (Lipinski definition) is 0. The standard InChI is InChI=1S/C19H20F2N2O2/c20-17(21)19-22-18(23-25-19)14-7-8-15-12(9-14)5-6-13(15)10-16(24)11-3-1-2-4-11/h7-9,11,13,17H,1-6,10H2/t13-/m0/s1. The van der Waals surface area contributed by atoms with E-state index in [1.165, 1.54) is 18.4 Å². The van der Waals surface area contributed by atoms with Crippen molar-refractivity contribution in [3.8, 4) is 11.4 Å². The van der Waals surface area contributed by atoms with Gasteiger partial charge in [0.25, 0.3) is 5.89 Å². The number of hydrogen-bond acceptors (Lipinski definition) is 4. The first-order valence-corrected chi connectivity index (χ1v) is 8.89. The van der Waals surface area contributed by atoms with Crippen molar-refractivity contribution in [2.75, 3.05) is 0 Å². The quantitative estimate of drug-likeness (QED) is 0.776. The van der Waals surface area contributed by atoms with E-state index in [2.05, 4.69) is 14.7 Å². The Bertz CT molecular complexity index is 781. The second-order valence-electron chi connectivity index (χ2n) is 7.06. The predicted molar refractivity (Wildman–Crippen MR) is 87.3 cm³/mol. The van der Waals surface area contributed by atoms with Gasteiger partial charge in [-0.2, -0.15) is 13.8 Å². The molecule has 2 aromatic rings. The summed E-state index contributed by atoms with van der Waals surface area (Å²) in [5, 5.41) is 3.63. The first kappa shape index (κ1) is 16.4. The van der Waals surface area contributed by atoms with E-state index in [0.717, 1.165) is 31.2 Å². The zero-order valence-electron chi connectivity index (χ0n) is 13.9. The Morgan fingerprint density at radius 3 is 2.76 bits per heavy atom. The number of halogens is 2. The van der Waals surface area contributed by atoms with E-state index in [-0.39, 0.29) is 17.7 Å². The van der Waals surface area contributed by atoms with Crippen LogP contribution in [-0.2, 0) is 11.2 Å². The van der Waals surface area contributed by atoms with Gasteiger partial charge in [0.05, 0.1) is 0 Å². The van der Waals surface area contributed by atoms with E-state index in [1.807, 2.05) is 18.2 Å². The minimum atomic E-state index is -2.76. The third kappa shape index (κ3) is 3.22. The molecule has 1 atom stereocenters. The third-order valence-electron chi connectivity index (χ3n) is 5.49. The van der Waals surface area contributed by atoms with Crippen LogP contribution >= 0.6 is 0 Å². The van der Waals surface area contributed by atoms with E-state index < -0.39 is 12.3 Å². The molecule has 4 rings (SSSR count). The maximum Gasteiger partial charge on any atom is 0.315 e. The number of carbonyl (C=O) groups excluding carboxylic acids is 1. The lowest BCUT2D eigenvalue weighted by molar-refractivity contribution is -0.123. The second kappa shape index (κ2) is 6.65. The molecule has 0 aliphatic heterocycles. The smallest absolute Gasteiger partial charge is 0.315 e. The Morgan fingerprint density at radius 1 is 1.24 bits per heavy atom. The van der Waals surface area contributed by atoms with Crippen LogP contribution in [0.2, 0.25) is 0 Å².